The predicted molar refractivity (Wildman–Crippen MR) is 85.6 cm³/mol. The molecule has 5 nitrogen and oxygen atoms in total. The fourth-order valence-corrected chi connectivity index (χ4v) is 3.64. The number of anilines is 1. The van der Waals surface area contributed by atoms with E-state index in [9.17, 15) is 9.59 Å². The van der Waals surface area contributed by atoms with Gasteiger partial charge in [0.15, 0.2) is 0 Å². The SMILES string of the molecule is O=C(O)CC1CSCCN1C(=O)Nc1c(Cl)cccc1Cl. The van der Waals surface area contributed by atoms with Gasteiger partial charge in [-0.15, -0.1) is 0 Å². The number of aliphatic carboxylic acids is 1. The molecule has 0 spiro atoms. The third kappa shape index (κ3) is 4.18. The fourth-order valence-electron chi connectivity index (χ4n) is 2.09. The zero-order valence-electron chi connectivity index (χ0n) is 11.0. The normalized spacial score (nSPS) is 18.4. The average Bonchev–Trinajstić information content (AvgIpc) is 2.43. The van der Waals surface area contributed by atoms with Gasteiger partial charge in [0, 0.05) is 18.1 Å². The second-order valence-electron chi connectivity index (χ2n) is 4.55. The summed E-state index contributed by atoms with van der Waals surface area (Å²) in [5.74, 6) is 0.464. The standard InChI is InChI=1S/C13H14Cl2N2O3S/c14-9-2-1-3-10(15)12(9)16-13(20)17-4-5-21-7-8(17)6-11(18)19/h1-3,8H,4-7H2,(H,16,20)(H,18,19). The number of carboxylic acid groups (broad SMARTS) is 1. The van der Waals surface area contributed by atoms with E-state index in [1.807, 2.05) is 0 Å². The number of rotatable bonds is 3. The third-order valence-electron chi connectivity index (χ3n) is 3.09. The molecule has 0 aromatic heterocycles. The Morgan fingerprint density at radius 2 is 2.05 bits per heavy atom. The van der Waals surface area contributed by atoms with Crippen molar-refractivity contribution in [2.24, 2.45) is 0 Å². The number of thioether (sulfide) groups is 1. The van der Waals surface area contributed by atoms with E-state index in [4.69, 9.17) is 28.3 Å². The van der Waals surface area contributed by atoms with Crippen molar-refractivity contribution in [3.05, 3.63) is 28.2 Å². The van der Waals surface area contributed by atoms with E-state index in [2.05, 4.69) is 5.32 Å². The highest BCUT2D eigenvalue weighted by molar-refractivity contribution is 7.99. The van der Waals surface area contributed by atoms with E-state index in [0.717, 1.165) is 5.75 Å². The molecule has 1 saturated heterocycles. The van der Waals surface area contributed by atoms with Gasteiger partial charge in [-0.3, -0.25) is 4.79 Å². The number of carbonyl (C=O) groups is 2. The first-order valence-corrected chi connectivity index (χ1v) is 8.21. The van der Waals surface area contributed by atoms with E-state index in [1.165, 1.54) is 4.90 Å². The maximum atomic E-state index is 12.4. The monoisotopic (exact) mass is 348 g/mol. The van der Waals surface area contributed by atoms with Crippen molar-refractivity contribution in [3.63, 3.8) is 0 Å². The zero-order chi connectivity index (χ0) is 15.4. The van der Waals surface area contributed by atoms with Crippen LogP contribution in [0.4, 0.5) is 10.5 Å². The number of hydrogen-bond donors (Lipinski definition) is 2. The smallest absolute Gasteiger partial charge is 0.322 e. The number of carbonyl (C=O) groups excluding carboxylic acids is 1. The van der Waals surface area contributed by atoms with Crippen LogP contribution in [0.15, 0.2) is 18.2 Å². The second kappa shape index (κ2) is 7.24. The molecule has 0 radical (unpaired) electrons. The number of hydrogen-bond acceptors (Lipinski definition) is 3. The van der Waals surface area contributed by atoms with Crippen LogP contribution in [-0.4, -0.2) is 46.1 Å². The summed E-state index contributed by atoms with van der Waals surface area (Å²) in [4.78, 5) is 24.8. The molecule has 1 aromatic carbocycles. The molecule has 8 heteroatoms. The molecule has 2 N–H and O–H groups in total. The van der Waals surface area contributed by atoms with Crippen LogP contribution in [-0.2, 0) is 4.79 Å². The summed E-state index contributed by atoms with van der Waals surface area (Å²) in [5.41, 5.74) is 0.345. The number of para-hydroxylation sites is 1. The van der Waals surface area contributed by atoms with Gasteiger partial charge in [0.05, 0.1) is 28.2 Å². The van der Waals surface area contributed by atoms with Crippen molar-refractivity contribution in [3.8, 4) is 0 Å². The molecule has 1 atom stereocenters. The van der Waals surface area contributed by atoms with Crippen molar-refractivity contribution in [1.29, 1.82) is 0 Å². The summed E-state index contributed by atoms with van der Waals surface area (Å²) in [6, 6.07) is 4.23. The molecule has 0 aliphatic carbocycles. The van der Waals surface area contributed by atoms with Gasteiger partial charge in [0.2, 0.25) is 0 Å². The first-order chi connectivity index (χ1) is 9.99. The number of nitrogens with one attached hydrogen (secondary N) is 1. The quantitative estimate of drug-likeness (QED) is 0.877. The van der Waals surface area contributed by atoms with Crippen molar-refractivity contribution < 1.29 is 14.7 Å². The Morgan fingerprint density at radius 1 is 1.38 bits per heavy atom. The van der Waals surface area contributed by atoms with Crippen molar-refractivity contribution >= 4 is 52.7 Å². The Hall–Kier alpha value is -1.11. The number of carboxylic acids is 1. The van der Waals surface area contributed by atoms with E-state index in [1.54, 1.807) is 30.0 Å². The zero-order valence-corrected chi connectivity index (χ0v) is 13.3. The van der Waals surface area contributed by atoms with E-state index >= 15 is 0 Å². The molecule has 1 unspecified atom stereocenters. The lowest BCUT2D eigenvalue weighted by molar-refractivity contribution is -0.137. The first-order valence-electron chi connectivity index (χ1n) is 6.30. The summed E-state index contributed by atoms with van der Waals surface area (Å²) >= 11 is 13.7. The minimum absolute atomic E-state index is 0.0727. The van der Waals surface area contributed by atoms with Gasteiger partial charge in [-0.1, -0.05) is 29.3 Å². The Morgan fingerprint density at radius 3 is 2.67 bits per heavy atom. The van der Waals surface area contributed by atoms with E-state index in [-0.39, 0.29) is 18.5 Å². The molecule has 1 aliphatic rings. The number of benzene rings is 1. The number of nitrogens with zero attached hydrogens (tertiary/aromatic N) is 1. The van der Waals surface area contributed by atoms with Crippen molar-refractivity contribution in [2.45, 2.75) is 12.5 Å². The lowest BCUT2D eigenvalue weighted by atomic mass is 10.2. The Balaban J connectivity index is 2.12. The van der Waals surface area contributed by atoms with E-state index in [0.29, 0.717) is 28.0 Å². The Labute approximate surface area is 136 Å². The van der Waals surface area contributed by atoms with Crippen LogP contribution >= 0.6 is 35.0 Å². The molecule has 0 saturated carbocycles. The molecular weight excluding hydrogens is 335 g/mol. The average molecular weight is 349 g/mol. The van der Waals surface area contributed by atoms with Gasteiger partial charge in [-0.25, -0.2) is 4.79 Å². The highest BCUT2D eigenvalue weighted by Gasteiger charge is 2.29. The fraction of sp³-hybridized carbons (Fsp3) is 0.385. The van der Waals surface area contributed by atoms with Gasteiger partial charge in [-0.2, -0.15) is 11.8 Å². The van der Waals surface area contributed by atoms with Gasteiger partial charge < -0.3 is 15.3 Å². The summed E-state index contributed by atoms with van der Waals surface area (Å²) in [6.45, 7) is 0.497. The third-order valence-corrected chi connectivity index (χ3v) is 4.82. The van der Waals surface area contributed by atoms with Crippen LogP contribution in [0.3, 0.4) is 0 Å². The molecule has 1 aliphatic heterocycles. The van der Waals surface area contributed by atoms with Gasteiger partial charge in [-0.05, 0) is 12.1 Å². The minimum Gasteiger partial charge on any atom is -0.481 e. The summed E-state index contributed by atoms with van der Waals surface area (Å²) in [6.07, 6.45) is -0.0727. The van der Waals surface area contributed by atoms with Crippen LogP contribution < -0.4 is 5.32 Å². The van der Waals surface area contributed by atoms with Crippen LogP contribution in [0.25, 0.3) is 0 Å². The van der Waals surface area contributed by atoms with Gasteiger partial charge >= 0.3 is 12.0 Å². The van der Waals surface area contributed by atoms with Crippen molar-refractivity contribution in [1.82, 2.24) is 4.90 Å². The molecule has 1 aromatic rings. The maximum absolute atomic E-state index is 12.4. The van der Waals surface area contributed by atoms with Gasteiger partial charge in [0.1, 0.15) is 0 Å². The predicted octanol–water partition coefficient (Wildman–Crippen LogP) is 3.42. The molecular formula is C13H14Cl2N2O3S. The first kappa shape index (κ1) is 16.3. The highest BCUT2D eigenvalue weighted by Crippen LogP contribution is 2.30. The largest absolute Gasteiger partial charge is 0.481 e. The lowest BCUT2D eigenvalue weighted by Crippen LogP contribution is -2.49. The maximum Gasteiger partial charge on any atom is 0.322 e. The van der Waals surface area contributed by atoms with E-state index < -0.39 is 5.97 Å². The van der Waals surface area contributed by atoms with Crippen LogP contribution in [0.1, 0.15) is 6.42 Å². The molecule has 1 heterocycles. The number of urea groups is 1. The summed E-state index contributed by atoms with van der Waals surface area (Å²) in [7, 11) is 0. The molecule has 0 bridgehead atoms. The summed E-state index contributed by atoms with van der Waals surface area (Å²) in [5, 5.41) is 12.3. The molecule has 2 rings (SSSR count). The second-order valence-corrected chi connectivity index (χ2v) is 6.51. The Kier molecular flexibility index (Phi) is 5.61. The van der Waals surface area contributed by atoms with Gasteiger partial charge in [0.25, 0.3) is 0 Å². The molecule has 114 valence electrons. The summed E-state index contributed by atoms with van der Waals surface area (Å²) < 4.78 is 0. The molecule has 2 amide bonds. The topological polar surface area (TPSA) is 69.6 Å². The number of halogens is 2. The minimum atomic E-state index is -0.920. The Bertz CT molecular complexity index is 536. The molecule has 1 fully saturated rings. The molecule has 21 heavy (non-hydrogen) atoms. The highest BCUT2D eigenvalue weighted by atomic mass is 35.5. The van der Waals surface area contributed by atoms with Crippen LogP contribution in [0.2, 0.25) is 10.0 Å². The van der Waals surface area contributed by atoms with Crippen LogP contribution in [0.5, 0.6) is 0 Å². The number of amides is 2. The van der Waals surface area contributed by atoms with Crippen molar-refractivity contribution in [2.75, 3.05) is 23.4 Å². The lowest BCUT2D eigenvalue weighted by Gasteiger charge is -2.34. The van der Waals surface area contributed by atoms with Crippen LogP contribution in [0, 0.1) is 0 Å².